The second-order valence-electron chi connectivity index (χ2n) is 6.97. The van der Waals surface area contributed by atoms with Gasteiger partial charge in [0.1, 0.15) is 0 Å². The van der Waals surface area contributed by atoms with E-state index in [-0.39, 0.29) is 24.8 Å². The van der Waals surface area contributed by atoms with Crippen LogP contribution in [0.5, 0.6) is 0 Å². The van der Waals surface area contributed by atoms with E-state index in [1.54, 1.807) is 6.07 Å². The highest BCUT2D eigenvalue weighted by Crippen LogP contribution is 2.16. The third-order valence-electron chi connectivity index (χ3n) is 4.79. The maximum Gasteiger partial charge on any atom is 0.287 e. The SMILES string of the molecule is O=C(CNC(=O)CNC(=O)c1ccco1)NCc1ccccc1CN1CCCC1. The van der Waals surface area contributed by atoms with E-state index >= 15 is 0 Å². The molecule has 1 aromatic carbocycles. The molecule has 0 spiro atoms. The number of likely N-dealkylation sites (tertiary alicyclic amines) is 1. The summed E-state index contributed by atoms with van der Waals surface area (Å²) in [4.78, 5) is 38.0. The summed E-state index contributed by atoms with van der Waals surface area (Å²) < 4.78 is 4.94. The minimum Gasteiger partial charge on any atom is -0.459 e. The summed E-state index contributed by atoms with van der Waals surface area (Å²) in [7, 11) is 0. The molecule has 1 aromatic heterocycles. The number of carbonyl (C=O) groups excluding carboxylic acids is 3. The molecular weight excluding hydrogens is 372 g/mol. The van der Waals surface area contributed by atoms with Crippen LogP contribution < -0.4 is 16.0 Å². The minimum atomic E-state index is -0.482. The fourth-order valence-corrected chi connectivity index (χ4v) is 3.22. The van der Waals surface area contributed by atoms with E-state index in [1.807, 2.05) is 18.2 Å². The van der Waals surface area contributed by atoms with Gasteiger partial charge in [-0.15, -0.1) is 0 Å². The molecule has 8 heteroatoms. The second kappa shape index (κ2) is 10.4. The molecule has 3 rings (SSSR count). The molecule has 1 aliphatic heterocycles. The van der Waals surface area contributed by atoms with E-state index < -0.39 is 11.8 Å². The molecular formula is C21H26N4O4. The molecule has 0 unspecified atom stereocenters. The highest BCUT2D eigenvalue weighted by molar-refractivity contribution is 5.94. The van der Waals surface area contributed by atoms with Crippen molar-refractivity contribution >= 4 is 17.7 Å². The zero-order valence-electron chi connectivity index (χ0n) is 16.3. The first-order chi connectivity index (χ1) is 14.1. The normalized spacial score (nSPS) is 13.8. The Hall–Kier alpha value is -3.13. The average molecular weight is 398 g/mol. The van der Waals surface area contributed by atoms with Gasteiger partial charge in [0.2, 0.25) is 11.8 Å². The van der Waals surface area contributed by atoms with Gasteiger partial charge in [-0.2, -0.15) is 0 Å². The summed E-state index contributed by atoms with van der Waals surface area (Å²) >= 11 is 0. The number of hydrogen-bond donors (Lipinski definition) is 3. The predicted molar refractivity (Wildman–Crippen MR) is 107 cm³/mol. The Labute approximate surface area is 169 Å². The van der Waals surface area contributed by atoms with Crippen LogP contribution >= 0.6 is 0 Å². The van der Waals surface area contributed by atoms with Crippen LogP contribution in [0, 0.1) is 0 Å². The van der Waals surface area contributed by atoms with Gasteiger partial charge in [0.05, 0.1) is 19.4 Å². The van der Waals surface area contributed by atoms with Crippen molar-refractivity contribution in [1.82, 2.24) is 20.9 Å². The lowest BCUT2D eigenvalue weighted by Gasteiger charge is -2.17. The second-order valence-corrected chi connectivity index (χ2v) is 6.97. The van der Waals surface area contributed by atoms with E-state index in [0.717, 1.165) is 25.2 Å². The number of benzene rings is 1. The fraction of sp³-hybridized carbons (Fsp3) is 0.381. The van der Waals surface area contributed by atoms with Gasteiger partial charge >= 0.3 is 0 Å². The molecule has 154 valence electrons. The quantitative estimate of drug-likeness (QED) is 0.586. The first-order valence-corrected chi connectivity index (χ1v) is 9.76. The Bertz CT molecular complexity index is 829. The van der Waals surface area contributed by atoms with Crippen molar-refractivity contribution in [3.63, 3.8) is 0 Å². The fourth-order valence-electron chi connectivity index (χ4n) is 3.22. The molecule has 1 fully saturated rings. The van der Waals surface area contributed by atoms with Crippen LogP contribution in [0.3, 0.4) is 0 Å². The summed E-state index contributed by atoms with van der Waals surface area (Å²) in [6.07, 6.45) is 3.85. The molecule has 1 saturated heterocycles. The molecule has 0 saturated carbocycles. The maximum atomic E-state index is 12.1. The first-order valence-electron chi connectivity index (χ1n) is 9.76. The van der Waals surface area contributed by atoms with Crippen LogP contribution in [-0.4, -0.2) is 48.8 Å². The van der Waals surface area contributed by atoms with Gasteiger partial charge in [0.15, 0.2) is 5.76 Å². The Balaban J connectivity index is 1.37. The number of furan rings is 1. The van der Waals surface area contributed by atoms with Gasteiger partial charge < -0.3 is 20.4 Å². The standard InChI is InChI=1S/C21H26N4O4/c26-19(13-23-20(27)14-24-21(28)18-8-5-11-29-18)22-12-16-6-1-2-7-17(16)15-25-9-3-4-10-25/h1-2,5-8,11H,3-4,9-10,12-15H2,(H,22,26)(H,23,27)(H,24,28). The molecule has 0 bridgehead atoms. The van der Waals surface area contributed by atoms with Crippen molar-refractivity contribution in [2.24, 2.45) is 0 Å². The lowest BCUT2D eigenvalue weighted by molar-refractivity contribution is -0.125. The number of amides is 3. The summed E-state index contributed by atoms with van der Waals surface area (Å²) in [5, 5.41) is 7.75. The van der Waals surface area contributed by atoms with Crippen LogP contribution in [0.2, 0.25) is 0 Å². The number of nitrogens with one attached hydrogen (secondary N) is 3. The largest absolute Gasteiger partial charge is 0.459 e. The molecule has 29 heavy (non-hydrogen) atoms. The Morgan fingerprint density at radius 3 is 2.28 bits per heavy atom. The number of rotatable bonds is 9. The van der Waals surface area contributed by atoms with Crippen LogP contribution in [0.25, 0.3) is 0 Å². The van der Waals surface area contributed by atoms with E-state index in [4.69, 9.17) is 4.42 Å². The van der Waals surface area contributed by atoms with Crippen molar-refractivity contribution in [2.75, 3.05) is 26.2 Å². The smallest absolute Gasteiger partial charge is 0.287 e. The zero-order chi connectivity index (χ0) is 20.5. The summed E-state index contributed by atoms with van der Waals surface area (Å²) in [5.74, 6) is -1.09. The lowest BCUT2D eigenvalue weighted by atomic mass is 10.1. The van der Waals surface area contributed by atoms with Crippen molar-refractivity contribution in [3.8, 4) is 0 Å². The molecule has 0 atom stereocenters. The van der Waals surface area contributed by atoms with E-state index in [9.17, 15) is 14.4 Å². The maximum absolute atomic E-state index is 12.1. The molecule has 2 heterocycles. The minimum absolute atomic E-state index is 0.128. The van der Waals surface area contributed by atoms with Gasteiger partial charge in [-0.25, -0.2) is 0 Å². The van der Waals surface area contributed by atoms with Gasteiger partial charge in [-0.1, -0.05) is 24.3 Å². The molecule has 2 aromatic rings. The third-order valence-corrected chi connectivity index (χ3v) is 4.79. The summed E-state index contributed by atoms with van der Waals surface area (Å²) in [6, 6.07) is 11.1. The number of hydrogen-bond acceptors (Lipinski definition) is 5. The van der Waals surface area contributed by atoms with Gasteiger partial charge in [0.25, 0.3) is 5.91 Å². The van der Waals surface area contributed by atoms with Crippen molar-refractivity contribution < 1.29 is 18.8 Å². The topological polar surface area (TPSA) is 104 Å². The van der Waals surface area contributed by atoms with Crippen molar-refractivity contribution in [3.05, 3.63) is 59.5 Å². The zero-order valence-corrected chi connectivity index (χ0v) is 16.3. The monoisotopic (exact) mass is 398 g/mol. The molecule has 3 N–H and O–H groups in total. The van der Waals surface area contributed by atoms with E-state index in [0.29, 0.717) is 6.54 Å². The number of nitrogens with zero attached hydrogens (tertiary/aromatic N) is 1. The molecule has 0 aliphatic carbocycles. The highest BCUT2D eigenvalue weighted by atomic mass is 16.3. The van der Waals surface area contributed by atoms with Gasteiger partial charge in [-0.05, 0) is 49.2 Å². The van der Waals surface area contributed by atoms with Crippen LogP contribution in [-0.2, 0) is 22.7 Å². The summed E-state index contributed by atoms with van der Waals surface area (Å²) in [6.45, 7) is 3.15. The van der Waals surface area contributed by atoms with Gasteiger partial charge in [0, 0.05) is 13.1 Å². The Morgan fingerprint density at radius 1 is 0.862 bits per heavy atom. The summed E-state index contributed by atoms with van der Waals surface area (Å²) in [5.41, 5.74) is 2.28. The van der Waals surface area contributed by atoms with E-state index in [2.05, 4.69) is 26.9 Å². The van der Waals surface area contributed by atoms with Crippen LogP contribution in [0.4, 0.5) is 0 Å². The van der Waals surface area contributed by atoms with E-state index in [1.165, 1.54) is 30.7 Å². The molecule has 0 radical (unpaired) electrons. The van der Waals surface area contributed by atoms with Crippen LogP contribution in [0.1, 0.15) is 34.5 Å². The molecule has 1 aliphatic rings. The Kier molecular flexibility index (Phi) is 7.40. The van der Waals surface area contributed by atoms with Crippen molar-refractivity contribution in [1.29, 1.82) is 0 Å². The third kappa shape index (κ3) is 6.46. The molecule has 3 amide bonds. The average Bonchev–Trinajstić information content (AvgIpc) is 3.44. The highest BCUT2D eigenvalue weighted by Gasteiger charge is 2.14. The molecule has 8 nitrogen and oxygen atoms in total. The van der Waals surface area contributed by atoms with Crippen molar-refractivity contribution in [2.45, 2.75) is 25.9 Å². The van der Waals surface area contributed by atoms with Crippen LogP contribution in [0.15, 0.2) is 47.1 Å². The number of carbonyl (C=O) groups is 3. The Morgan fingerprint density at radius 2 is 1.55 bits per heavy atom. The lowest BCUT2D eigenvalue weighted by Crippen LogP contribution is -2.41. The predicted octanol–water partition coefficient (Wildman–Crippen LogP) is 1.04. The first kappa shape index (κ1) is 20.6. The van der Waals surface area contributed by atoms with Gasteiger partial charge in [-0.3, -0.25) is 19.3 Å².